The summed E-state index contributed by atoms with van der Waals surface area (Å²) in [6.07, 6.45) is 0. The number of likely N-dealkylation sites (N-methyl/N-ethyl adjacent to an activating group) is 1. The SMILES string of the molecule is CCN1CCN(C(=O)c2ccc(C(=O)Nc3ccccc3C(C)C)cc2)CC1. The fourth-order valence-electron chi connectivity index (χ4n) is 3.52. The van der Waals surface area contributed by atoms with E-state index >= 15 is 0 Å². The summed E-state index contributed by atoms with van der Waals surface area (Å²) in [7, 11) is 0. The molecule has 0 atom stereocenters. The van der Waals surface area contributed by atoms with Gasteiger partial charge in [0.05, 0.1) is 0 Å². The van der Waals surface area contributed by atoms with Crippen LogP contribution in [-0.4, -0.2) is 54.3 Å². The highest BCUT2D eigenvalue weighted by Gasteiger charge is 2.21. The summed E-state index contributed by atoms with van der Waals surface area (Å²) in [5, 5.41) is 2.99. The van der Waals surface area contributed by atoms with Crippen molar-refractivity contribution in [1.82, 2.24) is 9.80 Å². The lowest BCUT2D eigenvalue weighted by atomic mass is 10.0. The molecule has 2 aromatic carbocycles. The van der Waals surface area contributed by atoms with E-state index in [9.17, 15) is 9.59 Å². The van der Waals surface area contributed by atoms with Crippen LogP contribution in [0.3, 0.4) is 0 Å². The van der Waals surface area contributed by atoms with Gasteiger partial charge in [0.1, 0.15) is 0 Å². The zero-order chi connectivity index (χ0) is 20.1. The maximum Gasteiger partial charge on any atom is 0.255 e. The van der Waals surface area contributed by atoms with Gasteiger partial charge in [0.25, 0.3) is 11.8 Å². The van der Waals surface area contributed by atoms with Gasteiger partial charge in [-0.1, -0.05) is 39.0 Å². The maximum absolute atomic E-state index is 12.7. The van der Waals surface area contributed by atoms with Gasteiger partial charge >= 0.3 is 0 Å². The minimum atomic E-state index is -0.163. The summed E-state index contributed by atoms with van der Waals surface area (Å²) in [6.45, 7) is 10.7. The highest BCUT2D eigenvalue weighted by atomic mass is 16.2. The van der Waals surface area contributed by atoms with Crippen molar-refractivity contribution in [2.45, 2.75) is 26.7 Å². The van der Waals surface area contributed by atoms with E-state index in [-0.39, 0.29) is 11.8 Å². The Morgan fingerprint density at radius 3 is 2.14 bits per heavy atom. The standard InChI is InChI=1S/C23H29N3O2/c1-4-25-13-15-26(16-14-25)23(28)19-11-9-18(10-12-19)22(27)24-21-8-6-5-7-20(21)17(2)3/h5-12,17H,4,13-16H2,1-3H3,(H,24,27). The predicted molar refractivity (Wildman–Crippen MR) is 113 cm³/mol. The first-order chi connectivity index (χ1) is 13.5. The van der Waals surface area contributed by atoms with Crippen molar-refractivity contribution in [2.24, 2.45) is 0 Å². The van der Waals surface area contributed by atoms with Crippen LogP contribution in [0.1, 0.15) is 53.0 Å². The molecule has 1 aliphatic heterocycles. The normalized spacial score (nSPS) is 14.9. The van der Waals surface area contributed by atoms with Crippen molar-refractivity contribution in [3.8, 4) is 0 Å². The highest BCUT2D eigenvalue weighted by molar-refractivity contribution is 6.05. The van der Waals surface area contributed by atoms with Crippen LogP contribution in [0.5, 0.6) is 0 Å². The fourth-order valence-corrected chi connectivity index (χ4v) is 3.52. The topological polar surface area (TPSA) is 52.7 Å². The van der Waals surface area contributed by atoms with Crippen LogP contribution in [0.2, 0.25) is 0 Å². The van der Waals surface area contributed by atoms with Crippen LogP contribution in [0.15, 0.2) is 48.5 Å². The number of hydrogen-bond donors (Lipinski definition) is 1. The minimum Gasteiger partial charge on any atom is -0.336 e. The Kier molecular flexibility index (Phi) is 6.47. The summed E-state index contributed by atoms with van der Waals surface area (Å²) >= 11 is 0. The number of nitrogens with zero attached hydrogens (tertiary/aromatic N) is 2. The van der Waals surface area contributed by atoms with Gasteiger partial charge in [-0.3, -0.25) is 9.59 Å². The van der Waals surface area contributed by atoms with E-state index in [1.807, 2.05) is 29.2 Å². The van der Waals surface area contributed by atoms with E-state index in [0.717, 1.165) is 44.0 Å². The first-order valence-electron chi connectivity index (χ1n) is 10.0. The first kappa shape index (κ1) is 20.1. The van der Waals surface area contributed by atoms with E-state index in [2.05, 4.69) is 31.0 Å². The van der Waals surface area contributed by atoms with Gasteiger partial charge in [0, 0.05) is 43.0 Å². The van der Waals surface area contributed by atoms with Crippen molar-refractivity contribution in [3.05, 3.63) is 65.2 Å². The molecule has 0 saturated carbocycles. The number of carbonyl (C=O) groups is 2. The number of piperazine rings is 1. The molecule has 0 radical (unpaired) electrons. The Labute approximate surface area is 167 Å². The molecule has 1 fully saturated rings. The lowest BCUT2D eigenvalue weighted by Crippen LogP contribution is -2.48. The lowest BCUT2D eigenvalue weighted by molar-refractivity contribution is 0.0643. The van der Waals surface area contributed by atoms with Crippen molar-refractivity contribution in [2.75, 3.05) is 38.0 Å². The average molecular weight is 380 g/mol. The number of hydrogen-bond acceptors (Lipinski definition) is 3. The lowest BCUT2D eigenvalue weighted by Gasteiger charge is -2.34. The molecule has 1 saturated heterocycles. The van der Waals surface area contributed by atoms with E-state index in [1.165, 1.54) is 0 Å². The zero-order valence-corrected chi connectivity index (χ0v) is 16.9. The van der Waals surface area contributed by atoms with Gasteiger partial charge in [0.2, 0.25) is 0 Å². The van der Waals surface area contributed by atoms with Gasteiger partial charge in [-0.15, -0.1) is 0 Å². The second kappa shape index (κ2) is 9.02. The molecule has 3 rings (SSSR count). The van der Waals surface area contributed by atoms with Crippen molar-refractivity contribution >= 4 is 17.5 Å². The van der Waals surface area contributed by atoms with E-state index in [4.69, 9.17) is 0 Å². The Morgan fingerprint density at radius 2 is 1.54 bits per heavy atom. The number of anilines is 1. The van der Waals surface area contributed by atoms with Crippen molar-refractivity contribution in [3.63, 3.8) is 0 Å². The van der Waals surface area contributed by atoms with Crippen LogP contribution >= 0.6 is 0 Å². The summed E-state index contributed by atoms with van der Waals surface area (Å²) in [5.74, 6) is 0.196. The predicted octanol–water partition coefficient (Wildman–Crippen LogP) is 3.84. The highest BCUT2D eigenvalue weighted by Crippen LogP contribution is 2.24. The second-order valence-corrected chi connectivity index (χ2v) is 7.50. The summed E-state index contributed by atoms with van der Waals surface area (Å²) in [6, 6.07) is 14.8. The Bertz CT molecular complexity index is 822. The van der Waals surface area contributed by atoms with Gasteiger partial charge in [-0.05, 0) is 48.4 Å². The molecule has 0 aromatic heterocycles. The van der Waals surface area contributed by atoms with E-state index in [0.29, 0.717) is 17.0 Å². The van der Waals surface area contributed by atoms with Crippen LogP contribution in [0.25, 0.3) is 0 Å². The Balaban J connectivity index is 1.66. The van der Waals surface area contributed by atoms with Gasteiger partial charge in [0.15, 0.2) is 0 Å². The minimum absolute atomic E-state index is 0.0351. The number of carbonyl (C=O) groups excluding carboxylic acids is 2. The molecule has 28 heavy (non-hydrogen) atoms. The van der Waals surface area contributed by atoms with Gasteiger partial charge in [-0.25, -0.2) is 0 Å². The quantitative estimate of drug-likeness (QED) is 0.859. The molecule has 0 bridgehead atoms. The fraction of sp³-hybridized carbons (Fsp3) is 0.391. The monoisotopic (exact) mass is 379 g/mol. The molecule has 1 N–H and O–H groups in total. The average Bonchev–Trinajstić information content (AvgIpc) is 2.73. The summed E-state index contributed by atoms with van der Waals surface area (Å²) < 4.78 is 0. The Morgan fingerprint density at radius 1 is 0.929 bits per heavy atom. The molecular formula is C23H29N3O2. The number of benzene rings is 2. The molecule has 148 valence electrons. The summed E-state index contributed by atoms with van der Waals surface area (Å²) in [4.78, 5) is 29.6. The second-order valence-electron chi connectivity index (χ2n) is 7.50. The molecule has 1 heterocycles. The van der Waals surface area contributed by atoms with E-state index in [1.54, 1.807) is 24.3 Å². The maximum atomic E-state index is 12.7. The third-order valence-corrected chi connectivity index (χ3v) is 5.33. The number of amides is 2. The smallest absolute Gasteiger partial charge is 0.255 e. The van der Waals surface area contributed by atoms with Crippen LogP contribution < -0.4 is 5.32 Å². The molecule has 5 nitrogen and oxygen atoms in total. The number of para-hydroxylation sites is 1. The molecule has 2 aromatic rings. The third kappa shape index (κ3) is 4.60. The molecule has 5 heteroatoms. The van der Waals surface area contributed by atoms with E-state index < -0.39 is 0 Å². The molecular weight excluding hydrogens is 350 g/mol. The number of rotatable bonds is 5. The third-order valence-electron chi connectivity index (χ3n) is 5.33. The first-order valence-corrected chi connectivity index (χ1v) is 10.0. The number of nitrogens with one attached hydrogen (secondary N) is 1. The molecule has 2 amide bonds. The molecule has 0 spiro atoms. The van der Waals surface area contributed by atoms with Crippen LogP contribution in [0.4, 0.5) is 5.69 Å². The van der Waals surface area contributed by atoms with Crippen molar-refractivity contribution < 1.29 is 9.59 Å². The Hall–Kier alpha value is -2.66. The zero-order valence-electron chi connectivity index (χ0n) is 16.9. The molecule has 1 aliphatic rings. The largest absolute Gasteiger partial charge is 0.336 e. The van der Waals surface area contributed by atoms with Crippen LogP contribution in [-0.2, 0) is 0 Å². The van der Waals surface area contributed by atoms with Gasteiger partial charge in [-0.2, -0.15) is 0 Å². The van der Waals surface area contributed by atoms with Crippen molar-refractivity contribution in [1.29, 1.82) is 0 Å². The molecule has 0 unspecified atom stereocenters. The molecule has 0 aliphatic carbocycles. The summed E-state index contributed by atoms with van der Waals surface area (Å²) in [5.41, 5.74) is 3.11. The van der Waals surface area contributed by atoms with Gasteiger partial charge < -0.3 is 15.1 Å². The van der Waals surface area contributed by atoms with Crippen LogP contribution in [0, 0.1) is 0 Å².